The van der Waals surface area contributed by atoms with Crippen LogP contribution >= 0.6 is 0 Å². The smallest absolute Gasteiger partial charge is 0.169 e. The van der Waals surface area contributed by atoms with Crippen molar-refractivity contribution < 1.29 is 19.0 Å². The van der Waals surface area contributed by atoms with Gasteiger partial charge in [0.05, 0.1) is 33.0 Å². The second kappa shape index (κ2) is 6.03. The predicted octanol–water partition coefficient (Wildman–Crippen LogP) is 1.65. The van der Waals surface area contributed by atoms with Gasteiger partial charge in [-0.3, -0.25) is 4.79 Å². The summed E-state index contributed by atoms with van der Waals surface area (Å²) >= 11 is 0. The molecule has 2 bridgehead atoms. The van der Waals surface area contributed by atoms with Crippen LogP contribution in [-0.4, -0.2) is 45.3 Å². The molecule has 2 unspecified atom stereocenters. The highest BCUT2D eigenvalue weighted by Gasteiger charge is 2.36. The lowest BCUT2D eigenvalue weighted by molar-refractivity contribution is 0.00948. The Morgan fingerprint density at radius 1 is 1.19 bits per heavy atom. The van der Waals surface area contributed by atoms with Crippen LogP contribution < -0.4 is 14.8 Å². The molecule has 0 saturated carbocycles. The van der Waals surface area contributed by atoms with Crippen LogP contribution in [0.2, 0.25) is 0 Å². The van der Waals surface area contributed by atoms with Gasteiger partial charge in [0.1, 0.15) is 11.5 Å². The van der Waals surface area contributed by atoms with Crippen molar-refractivity contribution in [1.29, 1.82) is 0 Å². The molecule has 1 aromatic carbocycles. The number of nitrogens with one attached hydrogen (secondary N) is 1. The van der Waals surface area contributed by atoms with Crippen LogP contribution in [0.25, 0.3) is 0 Å². The van der Waals surface area contributed by atoms with Crippen LogP contribution in [0.15, 0.2) is 18.2 Å². The number of morpholine rings is 1. The number of hydrogen-bond acceptors (Lipinski definition) is 5. The third-order valence-corrected chi connectivity index (χ3v) is 4.29. The Bertz CT molecular complexity index is 519. The molecule has 2 fully saturated rings. The lowest BCUT2D eigenvalue weighted by atomic mass is 9.82. The predicted molar refractivity (Wildman–Crippen MR) is 78.1 cm³/mol. The highest BCUT2D eigenvalue weighted by molar-refractivity contribution is 6.00. The van der Waals surface area contributed by atoms with Gasteiger partial charge in [-0.25, -0.2) is 0 Å². The summed E-state index contributed by atoms with van der Waals surface area (Å²) in [5.74, 6) is 1.47. The van der Waals surface area contributed by atoms with Crippen molar-refractivity contribution in [2.75, 3.05) is 27.4 Å². The van der Waals surface area contributed by atoms with Gasteiger partial charge in [-0.05, 0) is 25.0 Å². The molecule has 1 N–H and O–H groups in total. The third kappa shape index (κ3) is 2.89. The molecule has 1 aromatic rings. The molecule has 114 valence electrons. The quantitative estimate of drug-likeness (QED) is 0.855. The summed E-state index contributed by atoms with van der Waals surface area (Å²) < 4.78 is 16.1. The zero-order chi connectivity index (χ0) is 14.8. The standard InChI is InChI=1S/C16H21NO4/c1-19-13-3-4-14(15(7-13)20-2)16(18)10-5-11-8-21-9-12(6-10)17-11/h3-4,7,10-12,17H,5-6,8-9H2,1-2H3. The van der Waals surface area contributed by atoms with Gasteiger partial charge < -0.3 is 19.5 Å². The van der Waals surface area contributed by atoms with Crippen LogP contribution in [0, 0.1) is 5.92 Å². The molecule has 2 atom stereocenters. The van der Waals surface area contributed by atoms with E-state index in [0.717, 1.165) is 12.8 Å². The van der Waals surface area contributed by atoms with Crippen molar-refractivity contribution >= 4 is 5.78 Å². The number of methoxy groups -OCH3 is 2. The molecule has 3 rings (SSSR count). The number of Topliss-reactive ketones (excluding diaryl/α,β-unsaturated/α-hetero) is 1. The Morgan fingerprint density at radius 3 is 2.52 bits per heavy atom. The molecule has 0 radical (unpaired) electrons. The average Bonchev–Trinajstić information content (AvgIpc) is 2.53. The van der Waals surface area contributed by atoms with Gasteiger partial charge >= 0.3 is 0 Å². The first-order valence-electron chi connectivity index (χ1n) is 7.31. The zero-order valence-corrected chi connectivity index (χ0v) is 12.4. The minimum absolute atomic E-state index is 0.0347. The topological polar surface area (TPSA) is 56.8 Å². The first kappa shape index (κ1) is 14.4. The summed E-state index contributed by atoms with van der Waals surface area (Å²) in [5, 5.41) is 3.51. The molecule has 0 spiro atoms. The van der Waals surface area contributed by atoms with E-state index >= 15 is 0 Å². The Morgan fingerprint density at radius 2 is 1.90 bits per heavy atom. The summed E-state index contributed by atoms with van der Waals surface area (Å²) in [7, 11) is 3.18. The van der Waals surface area contributed by atoms with Crippen LogP contribution in [-0.2, 0) is 4.74 Å². The number of piperidine rings is 1. The van der Waals surface area contributed by atoms with Crippen molar-refractivity contribution in [1.82, 2.24) is 5.32 Å². The third-order valence-electron chi connectivity index (χ3n) is 4.29. The van der Waals surface area contributed by atoms with Crippen LogP contribution in [0.1, 0.15) is 23.2 Å². The molecule has 0 aliphatic carbocycles. The molecule has 2 heterocycles. The molecule has 5 nitrogen and oxygen atoms in total. The van der Waals surface area contributed by atoms with Crippen molar-refractivity contribution in [3.05, 3.63) is 23.8 Å². The maximum absolute atomic E-state index is 12.8. The fraction of sp³-hybridized carbons (Fsp3) is 0.562. The minimum atomic E-state index is 0.0347. The van der Waals surface area contributed by atoms with E-state index in [-0.39, 0.29) is 23.8 Å². The number of fused-ring (bicyclic) bond motifs is 2. The first-order valence-corrected chi connectivity index (χ1v) is 7.31. The van der Waals surface area contributed by atoms with E-state index in [1.165, 1.54) is 0 Å². The fourth-order valence-electron chi connectivity index (χ4n) is 3.27. The van der Waals surface area contributed by atoms with Crippen LogP contribution in [0.4, 0.5) is 0 Å². The Balaban J connectivity index is 1.81. The van der Waals surface area contributed by atoms with Gasteiger partial charge in [0, 0.05) is 24.1 Å². The number of carbonyl (C=O) groups is 1. The maximum Gasteiger partial charge on any atom is 0.169 e. The molecule has 2 aliphatic rings. The highest BCUT2D eigenvalue weighted by Crippen LogP contribution is 2.32. The molecule has 2 saturated heterocycles. The Labute approximate surface area is 124 Å². The Kier molecular flexibility index (Phi) is 4.12. The van der Waals surface area contributed by atoms with E-state index in [0.29, 0.717) is 30.3 Å². The maximum atomic E-state index is 12.8. The highest BCUT2D eigenvalue weighted by atomic mass is 16.5. The summed E-state index contributed by atoms with van der Waals surface area (Å²) in [6, 6.07) is 5.94. The number of ether oxygens (including phenoxy) is 3. The van der Waals surface area contributed by atoms with Crippen LogP contribution in [0.5, 0.6) is 11.5 Å². The van der Waals surface area contributed by atoms with Gasteiger partial charge in [0.15, 0.2) is 5.78 Å². The van der Waals surface area contributed by atoms with Gasteiger partial charge in [-0.15, -0.1) is 0 Å². The largest absolute Gasteiger partial charge is 0.497 e. The number of hydrogen-bond donors (Lipinski definition) is 1. The van der Waals surface area contributed by atoms with E-state index in [1.807, 2.05) is 0 Å². The molecular weight excluding hydrogens is 270 g/mol. The summed E-state index contributed by atoms with van der Waals surface area (Å²) in [6.45, 7) is 1.39. The number of rotatable bonds is 4. The van der Waals surface area contributed by atoms with E-state index in [4.69, 9.17) is 14.2 Å². The molecule has 2 aliphatic heterocycles. The first-order chi connectivity index (χ1) is 10.2. The SMILES string of the molecule is COc1ccc(C(=O)C2CC3COCC(C2)N3)c(OC)c1. The van der Waals surface area contributed by atoms with Crippen molar-refractivity contribution in [2.45, 2.75) is 24.9 Å². The van der Waals surface area contributed by atoms with E-state index in [2.05, 4.69) is 5.32 Å². The Hall–Kier alpha value is -1.59. The molecule has 0 aromatic heterocycles. The number of carbonyl (C=O) groups excluding carboxylic acids is 1. The lowest BCUT2D eigenvalue weighted by Gasteiger charge is -2.39. The molecule has 0 amide bonds. The van der Waals surface area contributed by atoms with Gasteiger partial charge in [0.25, 0.3) is 0 Å². The van der Waals surface area contributed by atoms with Gasteiger partial charge in [0.2, 0.25) is 0 Å². The lowest BCUT2D eigenvalue weighted by Crippen LogP contribution is -2.55. The van der Waals surface area contributed by atoms with E-state index in [1.54, 1.807) is 32.4 Å². The average molecular weight is 291 g/mol. The van der Waals surface area contributed by atoms with Crippen molar-refractivity contribution in [3.63, 3.8) is 0 Å². The van der Waals surface area contributed by atoms with Gasteiger partial charge in [-0.1, -0.05) is 0 Å². The summed E-state index contributed by atoms with van der Waals surface area (Å²) in [4.78, 5) is 12.8. The number of benzene rings is 1. The number of ketones is 1. The normalized spacial score (nSPS) is 28.0. The van der Waals surface area contributed by atoms with E-state index in [9.17, 15) is 4.79 Å². The zero-order valence-electron chi connectivity index (χ0n) is 12.4. The second-order valence-electron chi connectivity index (χ2n) is 5.70. The van der Waals surface area contributed by atoms with Crippen molar-refractivity contribution in [2.24, 2.45) is 5.92 Å². The summed E-state index contributed by atoms with van der Waals surface area (Å²) in [6.07, 6.45) is 1.65. The fourth-order valence-corrected chi connectivity index (χ4v) is 3.27. The second-order valence-corrected chi connectivity index (χ2v) is 5.70. The van der Waals surface area contributed by atoms with E-state index < -0.39 is 0 Å². The molecule has 5 heteroatoms. The van der Waals surface area contributed by atoms with Crippen molar-refractivity contribution in [3.8, 4) is 11.5 Å². The molecular formula is C16H21NO4. The minimum Gasteiger partial charge on any atom is -0.497 e. The van der Waals surface area contributed by atoms with Gasteiger partial charge in [-0.2, -0.15) is 0 Å². The molecule has 21 heavy (non-hydrogen) atoms. The monoisotopic (exact) mass is 291 g/mol. The summed E-state index contributed by atoms with van der Waals surface area (Å²) in [5.41, 5.74) is 0.643. The van der Waals surface area contributed by atoms with Crippen LogP contribution in [0.3, 0.4) is 0 Å².